The summed E-state index contributed by atoms with van der Waals surface area (Å²) in [7, 11) is 0. The molecule has 0 radical (unpaired) electrons. The Bertz CT molecular complexity index is 847. The number of carbonyl (C=O) groups excluding carboxylic acids is 2. The molecule has 142 valence electrons. The highest BCUT2D eigenvalue weighted by molar-refractivity contribution is 6.30. The van der Waals surface area contributed by atoms with E-state index in [1.54, 1.807) is 12.1 Å². The fourth-order valence-corrected chi connectivity index (χ4v) is 3.96. The van der Waals surface area contributed by atoms with Crippen molar-refractivity contribution in [3.05, 3.63) is 63.7 Å². The summed E-state index contributed by atoms with van der Waals surface area (Å²) >= 11 is 5.96. The molecule has 0 aromatic heterocycles. The van der Waals surface area contributed by atoms with E-state index in [-0.39, 0.29) is 18.4 Å². The SMILES string of the molecule is Cc1cc(C)c(NC(=O)CNC(=O)C2(c3ccc(Cl)cc3)CCC2)c(C)c1. The number of rotatable bonds is 5. The molecule has 0 heterocycles. The number of carbonyl (C=O) groups is 2. The number of benzene rings is 2. The van der Waals surface area contributed by atoms with E-state index < -0.39 is 5.41 Å². The van der Waals surface area contributed by atoms with Crippen molar-refractivity contribution >= 4 is 29.1 Å². The summed E-state index contributed by atoms with van der Waals surface area (Å²) in [4.78, 5) is 25.2. The van der Waals surface area contributed by atoms with Crippen LogP contribution in [0.1, 0.15) is 41.5 Å². The zero-order valence-corrected chi connectivity index (χ0v) is 16.7. The topological polar surface area (TPSA) is 58.2 Å². The molecular weight excluding hydrogens is 360 g/mol. The van der Waals surface area contributed by atoms with Gasteiger partial charge in [0, 0.05) is 10.7 Å². The summed E-state index contributed by atoms with van der Waals surface area (Å²) in [6.45, 7) is 5.93. The Labute approximate surface area is 165 Å². The van der Waals surface area contributed by atoms with Crippen molar-refractivity contribution in [2.75, 3.05) is 11.9 Å². The van der Waals surface area contributed by atoms with Gasteiger partial charge in [-0.05, 0) is 62.4 Å². The molecule has 2 amide bonds. The number of amides is 2. The van der Waals surface area contributed by atoms with Gasteiger partial charge in [-0.25, -0.2) is 0 Å². The largest absolute Gasteiger partial charge is 0.346 e. The van der Waals surface area contributed by atoms with E-state index in [4.69, 9.17) is 11.6 Å². The van der Waals surface area contributed by atoms with Crippen LogP contribution in [0.3, 0.4) is 0 Å². The lowest BCUT2D eigenvalue weighted by atomic mass is 9.64. The van der Waals surface area contributed by atoms with Crippen molar-refractivity contribution in [3.63, 3.8) is 0 Å². The zero-order valence-electron chi connectivity index (χ0n) is 16.0. The number of hydrogen-bond acceptors (Lipinski definition) is 2. The molecule has 0 atom stereocenters. The van der Waals surface area contributed by atoms with E-state index in [0.29, 0.717) is 5.02 Å². The van der Waals surface area contributed by atoms with Crippen LogP contribution in [0.25, 0.3) is 0 Å². The fourth-order valence-electron chi connectivity index (χ4n) is 3.84. The van der Waals surface area contributed by atoms with Gasteiger partial charge in [-0.2, -0.15) is 0 Å². The monoisotopic (exact) mass is 384 g/mol. The van der Waals surface area contributed by atoms with E-state index in [1.165, 1.54) is 0 Å². The highest BCUT2D eigenvalue weighted by Gasteiger charge is 2.45. The van der Waals surface area contributed by atoms with Crippen molar-refractivity contribution in [1.29, 1.82) is 0 Å². The van der Waals surface area contributed by atoms with E-state index in [1.807, 2.05) is 45.0 Å². The van der Waals surface area contributed by atoms with E-state index in [2.05, 4.69) is 10.6 Å². The minimum absolute atomic E-state index is 0.0407. The summed E-state index contributed by atoms with van der Waals surface area (Å²) in [5.41, 5.74) is 4.43. The van der Waals surface area contributed by atoms with E-state index >= 15 is 0 Å². The highest BCUT2D eigenvalue weighted by Crippen LogP contribution is 2.44. The molecule has 0 spiro atoms. The number of nitrogens with one attached hydrogen (secondary N) is 2. The van der Waals surface area contributed by atoms with Gasteiger partial charge in [0.05, 0.1) is 12.0 Å². The molecule has 3 rings (SSSR count). The molecule has 0 unspecified atom stereocenters. The molecule has 1 aliphatic carbocycles. The lowest BCUT2D eigenvalue weighted by molar-refractivity contribution is -0.131. The third kappa shape index (κ3) is 4.01. The van der Waals surface area contributed by atoms with Crippen LogP contribution in [0.4, 0.5) is 5.69 Å². The van der Waals surface area contributed by atoms with Gasteiger partial charge in [0.25, 0.3) is 0 Å². The van der Waals surface area contributed by atoms with Gasteiger partial charge in [0.2, 0.25) is 11.8 Å². The van der Waals surface area contributed by atoms with Crippen LogP contribution >= 0.6 is 11.6 Å². The lowest BCUT2D eigenvalue weighted by Crippen LogP contribution is -2.50. The summed E-state index contributed by atoms with van der Waals surface area (Å²) in [5.74, 6) is -0.312. The molecule has 5 heteroatoms. The molecule has 1 saturated carbocycles. The van der Waals surface area contributed by atoms with Crippen molar-refractivity contribution in [3.8, 4) is 0 Å². The van der Waals surface area contributed by atoms with Crippen LogP contribution in [0.15, 0.2) is 36.4 Å². The third-order valence-electron chi connectivity index (χ3n) is 5.39. The normalized spacial score (nSPS) is 15.0. The maximum absolute atomic E-state index is 12.8. The second-order valence-corrected chi connectivity index (χ2v) is 7.88. The van der Waals surface area contributed by atoms with Crippen LogP contribution in [0, 0.1) is 20.8 Å². The van der Waals surface area contributed by atoms with Gasteiger partial charge >= 0.3 is 0 Å². The van der Waals surface area contributed by atoms with E-state index in [0.717, 1.165) is 47.2 Å². The van der Waals surface area contributed by atoms with Crippen molar-refractivity contribution < 1.29 is 9.59 Å². The molecule has 1 aliphatic rings. The minimum atomic E-state index is -0.541. The molecular formula is C22H25ClN2O2. The molecule has 27 heavy (non-hydrogen) atoms. The maximum Gasteiger partial charge on any atom is 0.243 e. The molecule has 0 aliphatic heterocycles. The predicted molar refractivity (Wildman–Crippen MR) is 109 cm³/mol. The first-order valence-corrected chi connectivity index (χ1v) is 9.62. The van der Waals surface area contributed by atoms with Crippen molar-refractivity contribution in [1.82, 2.24) is 5.32 Å². The third-order valence-corrected chi connectivity index (χ3v) is 5.64. The van der Waals surface area contributed by atoms with Crippen LogP contribution in [-0.2, 0) is 15.0 Å². The summed E-state index contributed by atoms with van der Waals surface area (Å²) in [6.07, 6.45) is 2.58. The number of anilines is 1. The van der Waals surface area contributed by atoms with Gasteiger partial charge in [0.15, 0.2) is 0 Å². The van der Waals surface area contributed by atoms with Crippen molar-refractivity contribution in [2.24, 2.45) is 0 Å². The molecule has 2 N–H and O–H groups in total. The molecule has 0 bridgehead atoms. The molecule has 1 fully saturated rings. The Morgan fingerprint density at radius 1 is 1.04 bits per heavy atom. The highest BCUT2D eigenvalue weighted by atomic mass is 35.5. The van der Waals surface area contributed by atoms with Gasteiger partial charge in [-0.15, -0.1) is 0 Å². The lowest BCUT2D eigenvalue weighted by Gasteiger charge is -2.40. The predicted octanol–water partition coefficient (Wildman–Crippen LogP) is 4.44. The van der Waals surface area contributed by atoms with E-state index in [9.17, 15) is 9.59 Å². The second kappa shape index (κ2) is 7.73. The van der Waals surface area contributed by atoms with Crippen LogP contribution in [0.5, 0.6) is 0 Å². The quantitative estimate of drug-likeness (QED) is 0.800. The smallest absolute Gasteiger partial charge is 0.243 e. The standard InChI is InChI=1S/C22H25ClN2O2/c1-14-11-15(2)20(16(3)12-14)25-19(26)13-24-21(27)22(9-4-10-22)17-5-7-18(23)8-6-17/h5-8,11-12H,4,9-10,13H2,1-3H3,(H,24,27)(H,25,26). The molecule has 2 aromatic carbocycles. The Kier molecular flexibility index (Phi) is 5.56. The maximum atomic E-state index is 12.8. The number of hydrogen-bond donors (Lipinski definition) is 2. The zero-order chi connectivity index (χ0) is 19.6. The molecule has 0 saturated heterocycles. The summed E-state index contributed by atoms with van der Waals surface area (Å²) in [6, 6.07) is 11.5. The number of halogens is 1. The van der Waals surface area contributed by atoms with Crippen LogP contribution < -0.4 is 10.6 Å². The van der Waals surface area contributed by atoms with Gasteiger partial charge in [-0.1, -0.05) is 47.9 Å². The first kappa shape index (κ1) is 19.4. The fraction of sp³-hybridized carbons (Fsp3) is 0.364. The van der Waals surface area contributed by atoms with Crippen molar-refractivity contribution in [2.45, 2.75) is 45.4 Å². The summed E-state index contributed by atoms with van der Waals surface area (Å²) < 4.78 is 0. The summed E-state index contributed by atoms with van der Waals surface area (Å²) in [5, 5.41) is 6.40. The Morgan fingerprint density at radius 2 is 1.63 bits per heavy atom. The Balaban J connectivity index is 1.65. The average molecular weight is 385 g/mol. The molecule has 4 nitrogen and oxygen atoms in total. The second-order valence-electron chi connectivity index (χ2n) is 7.45. The number of aryl methyl sites for hydroxylation is 3. The first-order valence-electron chi connectivity index (χ1n) is 9.24. The Hall–Kier alpha value is -2.33. The van der Waals surface area contributed by atoms with Gasteiger partial charge < -0.3 is 10.6 Å². The molecule has 2 aromatic rings. The van der Waals surface area contributed by atoms with Gasteiger partial charge in [0.1, 0.15) is 0 Å². The first-order chi connectivity index (χ1) is 12.8. The average Bonchev–Trinajstić information content (AvgIpc) is 2.57. The van der Waals surface area contributed by atoms with Crippen LogP contribution in [0.2, 0.25) is 5.02 Å². The van der Waals surface area contributed by atoms with Crippen LogP contribution in [-0.4, -0.2) is 18.4 Å². The van der Waals surface area contributed by atoms with Gasteiger partial charge in [-0.3, -0.25) is 9.59 Å². The Morgan fingerprint density at radius 3 is 2.15 bits per heavy atom. The minimum Gasteiger partial charge on any atom is -0.346 e.